The second-order valence-electron chi connectivity index (χ2n) is 4.96. The average Bonchev–Trinajstić information content (AvgIpc) is 2.97. The van der Waals surface area contributed by atoms with Crippen molar-refractivity contribution in [2.75, 3.05) is 18.4 Å². The van der Waals surface area contributed by atoms with E-state index in [1.54, 1.807) is 24.4 Å². The van der Waals surface area contributed by atoms with E-state index in [-0.39, 0.29) is 10.6 Å². The van der Waals surface area contributed by atoms with Gasteiger partial charge in [0, 0.05) is 24.8 Å². The minimum Gasteiger partial charge on any atom is -0.382 e. The number of anilines is 1. The van der Waals surface area contributed by atoms with Crippen molar-refractivity contribution in [3.63, 3.8) is 0 Å². The molecule has 2 heterocycles. The van der Waals surface area contributed by atoms with Crippen LogP contribution in [0.5, 0.6) is 0 Å². The fourth-order valence-corrected chi connectivity index (χ4v) is 2.62. The Morgan fingerprint density at radius 2 is 2.35 bits per heavy atom. The van der Waals surface area contributed by atoms with E-state index in [0.29, 0.717) is 16.9 Å². The molecule has 1 fully saturated rings. The molecule has 6 heteroatoms. The van der Waals surface area contributed by atoms with Gasteiger partial charge in [0.2, 0.25) is 0 Å². The maximum Gasteiger partial charge on any atom is 0.278 e. The third-order valence-electron chi connectivity index (χ3n) is 3.64. The summed E-state index contributed by atoms with van der Waals surface area (Å²) in [5.74, 6) is 0. The second-order valence-corrected chi connectivity index (χ2v) is 4.96. The molecule has 2 aromatic rings. The van der Waals surface area contributed by atoms with Crippen molar-refractivity contribution in [3.8, 4) is 0 Å². The Kier molecular flexibility index (Phi) is 3.47. The van der Waals surface area contributed by atoms with Crippen LogP contribution in [0.3, 0.4) is 0 Å². The largest absolute Gasteiger partial charge is 0.382 e. The van der Waals surface area contributed by atoms with Crippen molar-refractivity contribution in [1.82, 2.24) is 10.3 Å². The Balaban J connectivity index is 1.91. The molecule has 1 unspecified atom stereocenters. The number of nitro benzene ring substituents is 1. The smallest absolute Gasteiger partial charge is 0.278 e. The molecule has 2 N–H and O–H groups in total. The van der Waals surface area contributed by atoms with E-state index in [1.165, 1.54) is 12.5 Å². The van der Waals surface area contributed by atoms with Crippen LogP contribution in [0.2, 0.25) is 0 Å². The Morgan fingerprint density at radius 3 is 3.10 bits per heavy atom. The van der Waals surface area contributed by atoms with Crippen LogP contribution in [0.25, 0.3) is 10.9 Å². The van der Waals surface area contributed by atoms with Gasteiger partial charge in [0.25, 0.3) is 5.69 Å². The van der Waals surface area contributed by atoms with Crippen molar-refractivity contribution in [2.45, 2.75) is 18.9 Å². The molecule has 3 rings (SSSR count). The maximum atomic E-state index is 11.0. The highest BCUT2D eigenvalue weighted by Crippen LogP contribution is 2.29. The first-order valence-corrected chi connectivity index (χ1v) is 6.75. The van der Waals surface area contributed by atoms with E-state index < -0.39 is 0 Å². The number of hydrogen-bond donors (Lipinski definition) is 2. The highest BCUT2D eigenvalue weighted by Gasteiger charge is 2.17. The van der Waals surface area contributed by atoms with E-state index in [0.717, 1.165) is 25.2 Å². The first kappa shape index (κ1) is 12.8. The summed E-state index contributed by atoms with van der Waals surface area (Å²) in [4.78, 5) is 15.0. The molecular weight excluding hydrogens is 256 g/mol. The minimum absolute atomic E-state index is 0.0950. The first-order valence-electron chi connectivity index (χ1n) is 6.75. The molecule has 0 amide bonds. The number of benzene rings is 1. The van der Waals surface area contributed by atoms with E-state index >= 15 is 0 Å². The molecule has 20 heavy (non-hydrogen) atoms. The van der Waals surface area contributed by atoms with Gasteiger partial charge in [-0.1, -0.05) is 0 Å². The number of fused-ring (bicyclic) bond motifs is 1. The van der Waals surface area contributed by atoms with Crippen LogP contribution in [0.15, 0.2) is 30.5 Å². The number of nitro groups is 1. The van der Waals surface area contributed by atoms with Crippen molar-refractivity contribution in [1.29, 1.82) is 0 Å². The number of pyridine rings is 1. The topological polar surface area (TPSA) is 80.1 Å². The summed E-state index contributed by atoms with van der Waals surface area (Å²) in [6, 6.07) is 7.19. The molecule has 0 aliphatic carbocycles. The van der Waals surface area contributed by atoms with Gasteiger partial charge in [-0.05, 0) is 37.6 Å². The molecule has 1 aliphatic heterocycles. The Bertz CT molecular complexity index is 638. The molecule has 1 aliphatic rings. The molecule has 104 valence electrons. The van der Waals surface area contributed by atoms with Gasteiger partial charge in [0.1, 0.15) is 5.52 Å². The molecule has 0 spiro atoms. The zero-order valence-corrected chi connectivity index (χ0v) is 11.0. The molecule has 1 aromatic carbocycles. The number of rotatable bonds is 4. The van der Waals surface area contributed by atoms with Crippen LogP contribution >= 0.6 is 0 Å². The quantitative estimate of drug-likeness (QED) is 0.659. The zero-order chi connectivity index (χ0) is 13.9. The lowest BCUT2D eigenvalue weighted by molar-refractivity contribution is -0.383. The third-order valence-corrected chi connectivity index (χ3v) is 3.64. The fourth-order valence-electron chi connectivity index (χ4n) is 2.62. The van der Waals surface area contributed by atoms with Gasteiger partial charge in [-0.15, -0.1) is 0 Å². The predicted octanol–water partition coefficient (Wildman–Crippen LogP) is 2.31. The fraction of sp³-hybridized carbons (Fsp3) is 0.357. The maximum absolute atomic E-state index is 11.0. The summed E-state index contributed by atoms with van der Waals surface area (Å²) < 4.78 is 0. The number of nitrogens with zero attached hydrogens (tertiary/aromatic N) is 2. The molecule has 1 atom stereocenters. The summed E-state index contributed by atoms with van der Waals surface area (Å²) in [6.45, 7) is 1.87. The van der Waals surface area contributed by atoms with E-state index in [2.05, 4.69) is 15.6 Å². The van der Waals surface area contributed by atoms with Gasteiger partial charge in [0.05, 0.1) is 16.0 Å². The second kappa shape index (κ2) is 5.42. The van der Waals surface area contributed by atoms with Gasteiger partial charge >= 0.3 is 0 Å². The standard InChI is InChI=1S/C14H16N4O2/c19-18(20)13-6-5-12(14-11(13)4-2-8-16-14)17-9-10-3-1-7-15-10/h2,4-6,8,10,15,17H,1,3,7,9H2. The molecule has 0 bridgehead atoms. The number of non-ortho nitro benzene ring substituents is 1. The number of hydrogen-bond acceptors (Lipinski definition) is 5. The lowest BCUT2D eigenvalue weighted by Gasteiger charge is -2.13. The van der Waals surface area contributed by atoms with E-state index in [4.69, 9.17) is 0 Å². The minimum atomic E-state index is -0.369. The third kappa shape index (κ3) is 2.42. The monoisotopic (exact) mass is 272 g/mol. The molecular formula is C14H16N4O2. The molecule has 0 saturated carbocycles. The van der Waals surface area contributed by atoms with E-state index in [9.17, 15) is 10.1 Å². The highest BCUT2D eigenvalue weighted by atomic mass is 16.6. The summed E-state index contributed by atoms with van der Waals surface area (Å²) in [5.41, 5.74) is 1.59. The van der Waals surface area contributed by atoms with Crippen LogP contribution in [0, 0.1) is 10.1 Å². The summed E-state index contributed by atoms with van der Waals surface area (Å²) in [5, 5.41) is 18.4. The van der Waals surface area contributed by atoms with Crippen molar-refractivity contribution >= 4 is 22.3 Å². The summed E-state index contributed by atoms with van der Waals surface area (Å²) in [6.07, 6.45) is 4.02. The lowest BCUT2D eigenvalue weighted by atomic mass is 10.1. The van der Waals surface area contributed by atoms with Crippen LogP contribution in [-0.4, -0.2) is 29.0 Å². The predicted molar refractivity (Wildman–Crippen MR) is 77.9 cm³/mol. The van der Waals surface area contributed by atoms with Gasteiger partial charge < -0.3 is 10.6 Å². The van der Waals surface area contributed by atoms with Gasteiger partial charge in [-0.25, -0.2) is 0 Å². The van der Waals surface area contributed by atoms with Crippen molar-refractivity contribution in [2.24, 2.45) is 0 Å². The van der Waals surface area contributed by atoms with Crippen LogP contribution in [0.4, 0.5) is 11.4 Å². The first-order chi connectivity index (χ1) is 9.75. The molecule has 0 radical (unpaired) electrons. The normalized spacial score (nSPS) is 18.3. The zero-order valence-electron chi connectivity index (χ0n) is 11.0. The van der Waals surface area contributed by atoms with Gasteiger partial charge in [0.15, 0.2) is 0 Å². The SMILES string of the molecule is O=[N+]([O-])c1ccc(NCC2CCCN2)c2ncccc12. The molecule has 6 nitrogen and oxygen atoms in total. The summed E-state index contributed by atoms with van der Waals surface area (Å²) >= 11 is 0. The van der Waals surface area contributed by atoms with Crippen molar-refractivity contribution in [3.05, 3.63) is 40.6 Å². The van der Waals surface area contributed by atoms with E-state index in [1.807, 2.05) is 0 Å². The van der Waals surface area contributed by atoms with Gasteiger partial charge in [-0.2, -0.15) is 0 Å². The molecule has 1 aromatic heterocycles. The molecule has 1 saturated heterocycles. The van der Waals surface area contributed by atoms with Crippen LogP contribution < -0.4 is 10.6 Å². The van der Waals surface area contributed by atoms with Crippen molar-refractivity contribution < 1.29 is 4.92 Å². The Labute approximate surface area is 116 Å². The number of nitrogens with one attached hydrogen (secondary N) is 2. The summed E-state index contributed by atoms with van der Waals surface area (Å²) in [7, 11) is 0. The average molecular weight is 272 g/mol. The number of aromatic nitrogens is 1. The van der Waals surface area contributed by atoms with Crippen LogP contribution in [-0.2, 0) is 0 Å². The van der Waals surface area contributed by atoms with Gasteiger partial charge in [-0.3, -0.25) is 15.1 Å². The Hall–Kier alpha value is -2.21. The Morgan fingerprint density at radius 1 is 1.45 bits per heavy atom. The highest BCUT2D eigenvalue weighted by molar-refractivity contribution is 5.96. The van der Waals surface area contributed by atoms with Crippen LogP contribution in [0.1, 0.15) is 12.8 Å². The lowest BCUT2D eigenvalue weighted by Crippen LogP contribution is -2.29.